The Morgan fingerprint density at radius 2 is 1.21 bits per heavy atom. The molecule has 94 valence electrons. The predicted molar refractivity (Wildman–Crippen MR) is 81.4 cm³/mol. The van der Waals surface area contributed by atoms with Crippen LogP contribution in [0.25, 0.3) is 0 Å². The maximum absolute atomic E-state index is 4.67. The Labute approximate surface area is 113 Å². The van der Waals surface area contributed by atoms with Crippen LogP contribution >= 0.6 is 0 Å². The molecule has 0 spiro atoms. The number of rotatable bonds is 2. The van der Waals surface area contributed by atoms with Gasteiger partial charge in [-0.05, 0) is 13.8 Å². The van der Waals surface area contributed by atoms with Gasteiger partial charge in [-0.1, -0.05) is 40.5 Å². The van der Waals surface area contributed by atoms with E-state index < -0.39 is 0 Å². The third kappa shape index (κ3) is 2.00. The van der Waals surface area contributed by atoms with E-state index >= 15 is 0 Å². The van der Waals surface area contributed by atoms with Crippen molar-refractivity contribution in [1.29, 1.82) is 0 Å². The first-order chi connectivity index (χ1) is 9.21. The van der Waals surface area contributed by atoms with E-state index in [1.54, 1.807) is 0 Å². The molecule has 0 N–H and O–H groups in total. The summed E-state index contributed by atoms with van der Waals surface area (Å²) in [5, 5.41) is 4.67. The standard InChI is InChI=1S/C17H17N2/c1-14-4-8-16(9-5-14)19(13-3-12-18-19)17-10-6-15(2)7-11-17/h3-13H,1-2H3/q+1. The second kappa shape index (κ2) is 4.48. The van der Waals surface area contributed by atoms with E-state index in [4.69, 9.17) is 0 Å². The van der Waals surface area contributed by atoms with Crippen LogP contribution in [0.15, 0.2) is 65.9 Å². The Kier molecular flexibility index (Phi) is 2.80. The van der Waals surface area contributed by atoms with Crippen molar-refractivity contribution >= 4 is 17.6 Å². The predicted octanol–water partition coefficient (Wildman–Crippen LogP) is 4.46. The van der Waals surface area contributed by atoms with E-state index in [0.29, 0.717) is 4.59 Å². The number of benzene rings is 2. The minimum atomic E-state index is 0.417. The molecule has 3 rings (SSSR count). The molecule has 0 radical (unpaired) electrons. The quantitative estimate of drug-likeness (QED) is 0.697. The van der Waals surface area contributed by atoms with Crippen LogP contribution in [0.4, 0.5) is 11.4 Å². The van der Waals surface area contributed by atoms with Crippen LogP contribution in [0.1, 0.15) is 11.1 Å². The van der Waals surface area contributed by atoms with Crippen LogP contribution in [0.3, 0.4) is 0 Å². The van der Waals surface area contributed by atoms with Gasteiger partial charge in [-0.2, -0.15) is 0 Å². The number of hydrogen-bond acceptors (Lipinski definition) is 1. The lowest BCUT2D eigenvalue weighted by atomic mass is 10.1. The normalized spacial score (nSPS) is 15.9. The van der Waals surface area contributed by atoms with Crippen molar-refractivity contribution in [1.82, 2.24) is 4.59 Å². The maximum atomic E-state index is 4.67. The van der Waals surface area contributed by atoms with Crippen molar-refractivity contribution < 1.29 is 0 Å². The molecule has 0 saturated heterocycles. The first-order valence-corrected chi connectivity index (χ1v) is 6.47. The zero-order valence-corrected chi connectivity index (χ0v) is 11.2. The summed E-state index contributed by atoms with van der Waals surface area (Å²) in [5.74, 6) is 0. The van der Waals surface area contributed by atoms with Crippen molar-refractivity contribution in [2.24, 2.45) is 5.10 Å². The highest BCUT2D eigenvalue weighted by Crippen LogP contribution is 2.37. The second-order valence-electron chi connectivity index (χ2n) is 4.96. The van der Waals surface area contributed by atoms with Crippen LogP contribution in [-0.4, -0.2) is 6.21 Å². The van der Waals surface area contributed by atoms with Crippen LogP contribution < -0.4 is 4.59 Å². The lowest BCUT2D eigenvalue weighted by Crippen LogP contribution is -2.29. The molecule has 1 aliphatic heterocycles. The van der Waals surface area contributed by atoms with Crippen molar-refractivity contribution in [2.45, 2.75) is 13.8 Å². The lowest BCUT2D eigenvalue weighted by Gasteiger charge is -2.25. The third-order valence-electron chi connectivity index (χ3n) is 3.49. The van der Waals surface area contributed by atoms with Gasteiger partial charge in [0.05, 0.1) is 6.21 Å². The molecule has 0 unspecified atom stereocenters. The maximum Gasteiger partial charge on any atom is 0.169 e. The van der Waals surface area contributed by atoms with Crippen molar-refractivity contribution in [2.75, 3.05) is 0 Å². The Balaban J connectivity index is 2.15. The number of allylic oxidation sites excluding steroid dienone is 1. The largest absolute Gasteiger partial charge is 0.169 e. The minimum Gasteiger partial charge on any atom is -0.107 e. The molecule has 0 bridgehead atoms. The van der Waals surface area contributed by atoms with Gasteiger partial charge in [0, 0.05) is 30.3 Å². The number of hydrogen-bond donors (Lipinski definition) is 0. The SMILES string of the molecule is Cc1ccc([N+]2(c3ccc(C)cc3)C=CC=N2)cc1. The summed E-state index contributed by atoms with van der Waals surface area (Å²) in [4.78, 5) is 0. The fraction of sp³-hybridized carbons (Fsp3) is 0.118. The average molecular weight is 249 g/mol. The molecule has 0 saturated carbocycles. The van der Waals surface area contributed by atoms with Gasteiger partial charge in [0.1, 0.15) is 6.20 Å². The molecule has 19 heavy (non-hydrogen) atoms. The molecule has 2 aromatic rings. The van der Waals surface area contributed by atoms with E-state index in [1.807, 2.05) is 12.3 Å². The summed E-state index contributed by atoms with van der Waals surface area (Å²) < 4.78 is 0.417. The van der Waals surface area contributed by atoms with E-state index in [1.165, 1.54) is 11.1 Å². The molecule has 2 heteroatoms. The summed E-state index contributed by atoms with van der Waals surface area (Å²) in [7, 11) is 0. The van der Waals surface area contributed by atoms with E-state index in [9.17, 15) is 0 Å². The zero-order chi connectivity index (χ0) is 13.3. The summed E-state index contributed by atoms with van der Waals surface area (Å²) in [6, 6.07) is 17.1. The van der Waals surface area contributed by atoms with E-state index in [2.05, 4.69) is 73.7 Å². The van der Waals surface area contributed by atoms with E-state index in [0.717, 1.165) is 11.4 Å². The van der Waals surface area contributed by atoms with Crippen LogP contribution in [0, 0.1) is 13.8 Å². The molecule has 1 heterocycles. The molecule has 2 nitrogen and oxygen atoms in total. The van der Waals surface area contributed by atoms with Crippen LogP contribution in [-0.2, 0) is 0 Å². The molecule has 0 aromatic heterocycles. The van der Waals surface area contributed by atoms with Crippen molar-refractivity contribution in [3.63, 3.8) is 0 Å². The van der Waals surface area contributed by atoms with E-state index in [-0.39, 0.29) is 0 Å². The van der Waals surface area contributed by atoms with Crippen LogP contribution in [0.5, 0.6) is 0 Å². The molecule has 0 atom stereocenters. The van der Waals surface area contributed by atoms with Gasteiger partial charge in [-0.15, -0.1) is 4.59 Å². The topological polar surface area (TPSA) is 12.4 Å². The minimum absolute atomic E-state index is 0.417. The van der Waals surface area contributed by atoms with Crippen molar-refractivity contribution in [3.05, 3.63) is 71.9 Å². The highest BCUT2D eigenvalue weighted by Gasteiger charge is 2.33. The number of quaternary nitrogens is 1. The lowest BCUT2D eigenvalue weighted by molar-refractivity contribution is 0.552. The molecule has 1 aliphatic rings. The number of nitrogens with zero attached hydrogens (tertiary/aromatic N) is 2. The number of aryl methyl sites for hydroxylation is 2. The fourth-order valence-electron chi connectivity index (χ4n) is 2.34. The molecule has 2 aromatic carbocycles. The van der Waals surface area contributed by atoms with Gasteiger partial charge in [0.2, 0.25) is 0 Å². The first-order valence-electron chi connectivity index (χ1n) is 6.47. The van der Waals surface area contributed by atoms with Crippen LogP contribution in [0.2, 0.25) is 0 Å². The fourth-order valence-corrected chi connectivity index (χ4v) is 2.34. The van der Waals surface area contributed by atoms with Gasteiger partial charge in [-0.25, -0.2) is 0 Å². The molecular formula is C17H17N2+. The van der Waals surface area contributed by atoms with Gasteiger partial charge in [0.25, 0.3) is 0 Å². The van der Waals surface area contributed by atoms with Gasteiger partial charge in [0.15, 0.2) is 11.4 Å². The Hall–Kier alpha value is -2.19. The second-order valence-corrected chi connectivity index (χ2v) is 4.96. The van der Waals surface area contributed by atoms with Gasteiger partial charge in [-0.3, -0.25) is 0 Å². The Bertz CT molecular complexity index is 574. The van der Waals surface area contributed by atoms with Gasteiger partial charge < -0.3 is 0 Å². The smallest absolute Gasteiger partial charge is 0.107 e. The highest BCUT2D eigenvalue weighted by atomic mass is 15.6. The summed E-state index contributed by atoms with van der Waals surface area (Å²) in [6.07, 6.45) is 5.97. The summed E-state index contributed by atoms with van der Waals surface area (Å²) in [6.45, 7) is 4.20. The Morgan fingerprint density at radius 1 is 0.737 bits per heavy atom. The molecular weight excluding hydrogens is 232 g/mol. The molecule has 0 aliphatic carbocycles. The first kappa shape index (κ1) is 11.9. The average Bonchev–Trinajstić information content (AvgIpc) is 2.91. The Morgan fingerprint density at radius 3 is 1.58 bits per heavy atom. The van der Waals surface area contributed by atoms with Crippen molar-refractivity contribution in [3.8, 4) is 0 Å². The summed E-state index contributed by atoms with van der Waals surface area (Å²) >= 11 is 0. The summed E-state index contributed by atoms with van der Waals surface area (Å²) in [5.41, 5.74) is 4.83. The monoisotopic (exact) mass is 249 g/mol. The van der Waals surface area contributed by atoms with Gasteiger partial charge >= 0.3 is 0 Å². The molecule has 0 fully saturated rings. The zero-order valence-electron chi connectivity index (χ0n) is 11.2. The highest BCUT2D eigenvalue weighted by molar-refractivity contribution is 5.79. The molecule has 0 amide bonds. The third-order valence-corrected chi connectivity index (χ3v) is 3.49.